The molecule has 1 fully saturated rings. The highest BCUT2D eigenvalue weighted by atomic mass is 32.1. The van der Waals surface area contributed by atoms with Gasteiger partial charge >= 0.3 is 5.97 Å². The van der Waals surface area contributed by atoms with E-state index in [1.807, 2.05) is 24.0 Å². The number of amides is 1. The van der Waals surface area contributed by atoms with Crippen LogP contribution >= 0.6 is 11.3 Å². The Kier molecular flexibility index (Phi) is 4.58. The van der Waals surface area contributed by atoms with Crippen LogP contribution in [-0.2, 0) is 9.53 Å². The topological polar surface area (TPSA) is 46.6 Å². The molecule has 0 saturated carbocycles. The summed E-state index contributed by atoms with van der Waals surface area (Å²) in [6, 6.07) is 3.81. The van der Waals surface area contributed by atoms with Crippen LogP contribution in [0.3, 0.4) is 0 Å². The van der Waals surface area contributed by atoms with Crippen molar-refractivity contribution in [3.05, 3.63) is 21.9 Å². The van der Waals surface area contributed by atoms with Crippen LogP contribution in [0.5, 0.6) is 0 Å². The lowest BCUT2D eigenvalue weighted by Crippen LogP contribution is -2.44. The van der Waals surface area contributed by atoms with E-state index < -0.39 is 0 Å². The molecule has 19 heavy (non-hydrogen) atoms. The van der Waals surface area contributed by atoms with Crippen molar-refractivity contribution in [3.8, 4) is 0 Å². The number of hydrogen-bond acceptors (Lipinski definition) is 4. The third-order valence-electron chi connectivity index (χ3n) is 3.47. The van der Waals surface area contributed by atoms with Gasteiger partial charge in [0.2, 0.25) is 0 Å². The third-order valence-corrected chi connectivity index (χ3v) is 4.46. The number of nitrogens with zero attached hydrogens (tertiary/aromatic N) is 1. The Morgan fingerprint density at radius 2 is 2.21 bits per heavy atom. The van der Waals surface area contributed by atoms with Crippen molar-refractivity contribution in [1.29, 1.82) is 0 Å². The zero-order valence-electron chi connectivity index (χ0n) is 11.3. The number of piperidine rings is 1. The smallest absolute Gasteiger partial charge is 0.307 e. The third kappa shape index (κ3) is 3.35. The number of aryl methyl sites for hydroxylation is 1. The zero-order chi connectivity index (χ0) is 13.8. The van der Waals surface area contributed by atoms with Gasteiger partial charge in [0.25, 0.3) is 5.91 Å². The monoisotopic (exact) mass is 281 g/mol. The van der Waals surface area contributed by atoms with Crippen LogP contribution in [0.4, 0.5) is 0 Å². The second-order valence-corrected chi connectivity index (χ2v) is 6.13. The molecule has 1 saturated heterocycles. The zero-order valence-corrected chi connectivity index (χ0v) is 12.2. The molecule has 0 N–H and O–H groups in total. The highest BCUT2D eigenvalue weighted by Gasteiger charge is 2.29. The number of thiophene rings is 1. The van der Waals surface area contributed by atoms with E-state index in [4.69, 9.17) is 4.74 Å². The highest BCUT2D eigenvalue weighted by molar-refractivity contribution is 7.13. The average Bonchev–Trinajstić information content (AvgIpc) is 2.85. The van der Waals surface area contributed by atoms with Crippen LogP contribution in [0.1, 0.15) is 40.2 Å². The van der Waals surface area contributed by atoms with E-state index in [1.54, 1.807) is 0 Å². The van der Waals surface area contributed by atoms with Gasteiger partial charge in [-0.15, -0.1) is 11.3 Å². The number of likely N-dealkylation sites (tertiary alicyclic amines) is 1. The molecule has 1 aromatic heterocycles. The van der Waals surface area contributed by atoms with Gasteiger partial charge in [0.1, 0.15) is 0 Å². The number of carbonyl (C=O) groups excluding carboxylic acids is 2. The average molecular weight is 281 g/mol. The van der Waals surface area contributed by atoms with Crippen molar-refractivity contribution in [2.75, 3.05) is 13.7 Å². The predicted molar refractivity (Wildman–Crippen MR) is 74.4 cm³/mol. The van der Waals surface area contributed by atoms with Gasteiger partial charge in [-0.2, -0.15) is 0 Å². The Hall–Kier alpha value is -1.36. The Balaban J connectivity index is 2.10. The SMILES string of the molecule is COC(=O)CC1CCCCN1C(=O)c1ccc(C)s1. The Bertz CT molecular complexity index is 469. The summed E-state index contributed by atoms with van der Waals surface area (Å²) in [5.74, 6) is -0.196. The van der Waals surface area contributed by atoms with Gasteiger partial charge in [0.15, 0.2) is 0 Å². The molecule has 4 nitrogen and oxygen atoms in total. The van der Waals surface area contributed by atoms with Gasteiger partial charge in [-0.05, 0) is 38.3 Å². The molecule has 0 radical (unpaired) electrons. The minimum absolute atomic E-state index is 0.0175. The van der Waals surface area contributed by atoms with Crippen LogP contribution in [0, 0.1) is 6.92 Å². The van der Waals surface area contributed by atoms with Crippen molar-refractivity contribution in [1.82, 2.24) is 4.90 Å². The molecule has 1 amide bonds. The molecule has 0 aliphatic carbocycles. The summed E-state index contributed by atoms with van der Waals surface area (Å²) in [5.41, 5.74) is 0. The molecular formula is C14H19NO3S. The molecule has 1 aliphatic rings. The lowest BCUT2D eigenvalue weighted by atomic mass is 9.99. The van der Waals surface area contributed by atoms with E-state index >= 15 is 0 Å². The molecule has 0 bridgehead atoms. The molecule has 104 valence electrons. The van der Waals surface area contributed by atoms with Gasteiger partial charge in [-0.25, -0.2) is 0 Å². The Morgan fingerprint density at radius 1 is 1.42 bits per heavy atom. The summed E-state index contributed by atoms with van der Waals surface area (Å²) in [4.78, 5) is 27.6. The summed E-state index contributed by atoms with van der Waals surface area (Å²) in [6.45, 7) is 2.72. The van der Waals surface area contributed by atoms with Gasteiger partial charge in [-0.1, -0.05) is 0 Å². The van der Waals surface area contributed by atoms with Gasteiger partial charge < -0.3 is 9.64 Å². The lowest BCUT2D eigenvalue weighted by Gasteiger charge is -2.34. The van der Waals surface area contributed by atoms with E-state index in [9.17, 15) is 9.59 Å². The fourth-order valence-electron chi connectivity index (χ4n) is 2.45. The standard InChI is InChI=1S/C14H19NO3S/c1-10-6-7-12(19-10)14(17)15-8-4-3-5-11(15)9-13(16)18-2/h6-7,11H,3-5,8-9H2,1-2H3. The summed E-state index contributed by atoms with van der Waals surface area (Å²) in [5, 5.41) is 0. The number of carbonyl (C=O) groups is 2. The van der Waals surface area contributed by atoms with E-state index in [0.29, 0.717) is 6.42 Å². The molecule has 1 atom stereocenters. The number of methoxy groups -OCH3 is 1. The molecular weight excluding hydrogens is 262 g/mol. The molecule has 1 aliphatic heterocycles. The van der Waals surface area contributed by atoms with E-state index in [2.05, 4.69) is 0 Å². The molecule has 1 aromatic rings. The minimum Gasteiger partial charge on any atom is -0.469 e. The first-order chi connectivity index (χ1) is 9.11. The van der Waals surface area contributed by atoms with Gasteiger partial charge in [0, 0.05) is 17.5 Å². The number of rotatable bonds is 3. The molecule has 1 unspecified atom stereocenters. The Morgan fingerprint density at radius 3 is 2.84 bits per heavy atom. The quantitative estimate of drug-likeness (QED) is 0.800. The summed E-state index contributed by atoms with van der Waals surface area (Å²) in [7, 11) is 1.39. The van der Waals surface area contributed by atoms with E-state index in [-0.39, 0.29) is 17.9 Å². The lowest BCUT2D eigenvalue weighted by molar-refractivity contribution is -0.142. The van der Waals surface area contributed by atoms with Gasteiger partial charge in [0.05, 0.1) is 18.4 Å². The fraction of sp³-hybridized carbons (Fsp3) is 0.571. The fourth-order valence-corrected chi connectivity index (χ4v) is 3.27. The first kappa shape index (κ1) is 14.1. The maximum Gasteiger partial charge on any atom is 0.307 e. The Labute approximate surface area is 117 Å². The molecule has 0 aromatic carbocycles. The van der Waals surface area contributed by atoms with Gasteiger partial charge in [-0.3, -0.25) is 9.59 Å². The first-order valence-electron chi connectivity index (χ1n) is 6.56. The molecule has 2 heterocycles. The number of ether oxygens (including phenoxy) is 1. The van der Waals surface area contributed by atoms with E-state index in [0.717, 1.165) is 35.6 Å². The molecule has 0 spiro atoms. The second kappa shape index (κ2) is 6.19. The summed E-state index contributed by atoms with van der Waals surface area (Å²) < 4.78 is 4.72. The van der Waals surface area contributed by atoms with Crippen molar-refractivity contribution in [3.63, 3.8) is 0 Å². The molecule has 2 rings (SSSR count). The highest BCUT2D eigenvalue weighted by Crippen LogP contribution is 2.25. The molecule has 5 heteroatoms. The first-order valence-corrected chi connectivity index (χ1v) is 7.37. The van der Waals surface area contributed by atoms with Crippen molar-refractivity contribution in [2.45, 2.75) is 38.6 Å². The minimum atomic E-state index is -0.243. The van der Waals surface area contributed by atoms with Crippen LogP contribution < -0.4 is 0 Å². The van der Waals surface area contributed by atoms with Crippen LogP contribution in [-0.4, -0.2) is 36.5 Å². The van der Waals surface area contributed by atoms with Crippen LogP contribution in [0.15, 0.2) is 12.1 Å². The van der Waals surface area contributed by atoms with E-state index in [1.165, 1.54) is 18.4 Å². The number of esters is 1. The van der Waals surface area contributed by atoms with Crippen LogP contribution in [0.25, 0.3) is 0 Å². The van der Waals surface area contributed by atoms with Crippen molar-refractivity contribution in [2.24, 2.45) is 0 Å². The number of hydrogen-bond donors (Lipinski definition) is 0. The van der Waals surface area contributed by atoms with Crippen molar-refractivity contribution < 1.29 is 14.3 Å². The summed E-state index contributed by atoms with van der Waals surface area (Å²) >= 11 is 1.51. The van der Waals surface area contributed by atoms with Crippen LogP contribution in [0.2, 0.25) is 0 Å². The largest absolute Gasteiger partial charge is 0.469 e. The second-order valence-electron chi connectivity index (χ2n) is 4.84. The summed E-state index contributed by atoms with van der Waals surface area (Å²) in [6.07, 6.45) is 3.25. The predicted octanol–water partition coefficient (Wildman–Crippen LogP) is 2.61. The normalized spacial score (nSPS) is 19.3. The maximum absolute atomic E-state index is 12.5. The van der Waals surface area contributed by atoms with Crippen molar-refractivity contribution >= 4 is 23.2 Å². The maximum atomic E-state index is 12.5.